The number of hydrogen-bond donors (Lipinski definition) is 3. The molecule has 13 heteroatoms. The van der Waals surface area contributed by atoms with Crippen molar-refractivity contribution in [1.82, 2.24) is 0 Å². The van der Waals surface area contributed by atoms with Crippen LogP contribution in [0.2, 0.25) is 0 Å². The second kappa shape index (κ2) is 13.8. The van der Waals surface area contributed by atoms with Crippen LogP contribution in [0.4, 0.5) is 0 Å². The molecule has 6 rings (SSSR count). The molecule has 0 saturated carbocycles. The number of aromatic carboxylic acids is 3. The minimum Gasteiger partial charge on any atom is -0.477 e. The van der Waals surface area contributed by atoms with Crippen LogP contribution < -0.4 is 16.9 Å². The fourth-order valence-corrected chi connectivity index (χ4v) is 3.63. The number of rotatable bonds is 3. The number of carboxylic acids is 3. The summed E-state index contributed by atoms with van der Waals surface area (Å²) in [5.41, 5.74) is -2.33. The first-order valence-corrected chi connectivity index (χ1v) is 11.8. The van der Waals surface area contributed by atoms with Crippen LogP contribution in [-0.2, 0) is 19.5 Å². The van der Waals surface area contributed by atoms with Crippen molar-refractivity contribution in [2.45, 2.75) is 0 Å². The number of fused-ring (bicyclic) bond motifs is 3. The normalized spacial score (nSPS) is 10.0. The van der Waals surface area contributed by atoms with Gasteiger partial charge < -0.3 is 28.6 Å². The van der Waals surface area contributed by atoms with Crippen molar-refractivity contribution in [1.29, 1.82) is 0 Å². The van der Waals surface area contributed by atoms with Crippen LogP contribution in [0.15, 0.2) is 119 Å². The second-order valence-electron chi connectivity index (χ2n) is 8.37. The van der Waals surface area contributed by atoms with Gasteiger partial charge in [-0.05, 0) is 36.4 Å². The van der Waals surface area contributed by atoms with Crippen LogP contribution in [0.1, 0.15) is 31.1 Å². The third kappa shape index (κ3) is 7.54. The van der Waals surface area contributed by atoms with E-state index in [0.717, 1.165) is 0 Å². The average Bonchev–Trinajstić information content (AvgIpc) is 2.96. The summed E-state index contributed by atoms with van der Waals surface area (Å²) in [5, 5.41) is 27.8. The molecule has 0 amide bonds. The predicted octanol–water partition coefficient (Wildman–Crippen LogP) is 4.47. The van der Waals surface area contributed by atoms with Crippen LogP contribution in [0, 0.1) is 0 Å². The van der Waals surface area contributed by atoms with Crippen molar-refractivity contribution in [3.05, 3.63) is 139 Å². The molecule has 6 aromatic rings. The van der Waals surface area contributed by atoms with Crippen molar-refractivity contribution in [2.24, 2.45) is 0 Å². The minimum absolute atomic E-state index is 0. The fraction of sp³-hybridized carbons (Fsp3) is 0. The summed E-state index contributed by atoms with van der Waals surface area (Å²) in [7, 11) is 0. The Morgan fingerprint density at radius 1 is 0.442 bits per heavy atom. The largest absolute Gasteiger partial charge is 0.477 e. The molecule has 0 aliphatic heterocycles. The maximum absolute atomic E-state index is 11.1. The molecule has 0 aliphatic rings. The van der Waals surface area contributed by atoms with E-state index in [1.165, 1.54) is 18.2 Å². The topological polar surface area (TPSA) is 203 Å². The predicted molar refractivity (Wildman–Crippen MR) is 148 cm³/mol. The zero-order chi connectivity index (χ0) is 30.4. The molecule has 0 atom stereocenters. The molecule has 0 radical (unpaired) electrons. The Bertz CT molecular complexity index is 1910. The van der Waals surface area contributed by atoms with E-state index in [9.17, 15) is 28.8 Å². The third-order valence-electron chi connectivity index (χ3n) is 5.62. The molecule has 12 nitrogen and oxygen atoms in total. The van der Waals surface area contributed by atoms with E-state index in [2.05, 4.69) is 0 Å². The zero-order valence-corrected chi connectivity index (χ0v) is 23.3. The first-order chi connectivity index (χ1) is 20.0. The number of para-hydroxylation sites is 3. The molecule has 218 valence electrons. The average molecular weight is 672 g/mol. The van der Waals surface area contributed by atoms with E-state index < -0.39 is 34.8 Å². The van der Waals surface area contributed by atoms with Crippen molar-refractivity contribution in [3.8, 4) is 0 Å². The molecule has 43 heavy (non-hydrogen) atoms. The van der Waals surface area contributed by atoms with Gasteiger partial charge in [0.2, 0.25) is 0 Å². The molecular weight excluding hydrogens is 653 g/mol. The number of benzene rings is 3. The molecular formula is C30H18O12Ru. The Labute approximate surface area is 251 Å². The molecule has 0 unspecified atom stereocenters. The van der Waals surface area contributed by atoms with Gasteiger partial charge in [0.15, 0.2) is 0 Å². The van der Waals surface area contributed by atoms with Gasteiger partial charge in [-0.2, -0.15) is 0 Å². The Hall–Kier alpha value is -5.68. The maximum Gasteiger partial charge on any atom is 0.351 e. The summed E-state index contributed by atoms with van der Waals surface area (Å²) < 4.78 is 14.5. The van der Waals surface area contributed by atoms with E-state index in [4.69, 9.17) is 28.6 Å². The molecule has 0 aliphatic carbocycles. The molecule has 0 saturated heterocycles. The van der Waals surface area contributed by atoms with Crippen molar-refractivity contribution in [2.75, 3.05) is 0 Å². The van der Waals surface area contributed by atoms with E-state index in [1.807, 2.05) is 0 Å². The van der Waals surface area contributed by atoms with Gasteiger partial charge in [-0.15, -0.1) is 0 Å². The smallest absolute Gasteiger partial charge is 0.351 e. The molecule has 0 fully saturated rings. The summed E-state index contributed by atoms with van der Waals surface area (Å²) in [6.07, 6.45) is 0. The Balaban J connectivity index is 0.000000175. The first kappa shape index (κ1) is 31.8. The number of carbonyl (C=O) groups is 3. The van der Waals surface area contributed by atoms with E-state index in [1.54, 1.807) is 72.8 Å². The summed E-state index contributed by atoms with van der Waals surface area (Å²) in [6, 6.07) is 24.2. The monoisotopic (exact) mass is 672 g/mol. The van der Waals surface area contributed by atoms with Gasteiger partial charge in [0.05, 0.1) is 0 Å². The van der Waals surface area contributed by atoms with E-state index in [-0.39, 0.29) is 36.2 Å². The first-order valence-electron chi connectivity index (χ1n) is 11.8. The molecule has 3 aromatic carbocycles. The van der Waals surface area contributed by atoms with Crippen LogP contribution in [0.25, 0.3) is 32.9 Å². The minimum atomic E-state index is -1.27. The van der Waals surface area contributed by atoms with E-state index in [0.29, 0.717) is 32.9 Å². The van der Waals surface area contributed by atoms with Gasteiger partial charge >= 0.3 is 34.8 Å². The molecule has 0 bridgehead atoms. The zero-order valence-electron chi connectivity index (χ0n) is 21.5. The van der Waals surface area contributed by atoms with Crippen molar-refractivity contribution < 1.29 is 62.4 Å². The van der Waals surface area contributed by atoms with Crippen LogP contribution in [0.5, 0.6) is 0 Å². The van der Waals surface area contributed by atoms with Crippen LogP contribution in [-0.4, -0.2) is 33.2 Å². The second-order valence-corrected chi connectivity index (χ2v) is 8.37. The maximum atomic E-state index is 11.1. The van der Waals surface area contributed by atoms with Crippen molar-refractivity contribution in [3.63, 3.8) is 0 Å². The number of hydrogen-bond acceptors (Lipinski definition) is 9. The van der Waals surface area contributed by atoms with Crippen LogP contribution >= 0.6 is 0 Å². The Morgan fingerprint density at radius 2 is 0.674 bits per heavy atom. The quantitative estimate of drug-likeness (QED) is 0.176. The molecule has 0 spiro atoms. The van der Waals surface area contributed by atoms with Gasteiger partial charge in [-0.25, -0.2) is 28.8 Å². The summed E-state index contributed by atoms with van der Waals surface area (Å²) in [4.78, 5) is 65.2. The Morgan fingerprint density at radius 3 is 0.907 bits per heavy atom. The standard InChI is InChI=1S/3C10H6O4.Ru/c3*11-9(12)7-5-6-3-1-2-4-8(6)14-10(7)13;/h3*1-5H,(H,11,12);. The van der Waals surface area contributed by atoms with E-state index >= 15 is 0 Å². The SMILES string of the molecule is O=C(O)c1cc2ccccc2oc1=O.O=C(O)c1cc2ccccc2oc1=O.O=C(O)c1cc2ccccc2oc1=O.[Ru]. The molecule has 3 N–H and O–H groups in total. The summed E-state index contributed by atoms with van der Waals surface area (Å²) in [5.74, 6) is -3.82. The number of carboxylic acid groups (broad SMARTS) is 3. The third-order valence-corrected chi connectivity index (χ3v) is 5.62. The van der Waals surface area contributed by atoms with Crippen molar-refractivity contribution >= 4 is 50.8 Å². The summed E-state index contributed by atoms with van der Waals surface area (Å²) in [6.45, 7) is 0. The fourth-order valence-electron chi connectivity index (χ4n) is 3.63. The molecule has 3 aromatic heterocycles. The van der Waals surface area contributed by atoms with Gasteiger partial charge in [-0.1, -0.05) is 54.6 Å². The summed E-state index contributed by atoms with van der Waals surface area (Å²) >= 11 is 0. The van der Waals surface area contributed by atoms with Crippen LogP contribution in [0.3, 0.4) is 0 Å². The van der Waals surface area contributed by atoms with Gasteiger partial charge in [0.25, 0.3) is 0 Å². The van der Waals surface area contributed by atoms with Gasteiger partial charge in [-0.3, -0.25) is 0 Å². The molecule has 3 heterocycles. The van der Waals surface area contributed by atoms with Gasteiger partial charge in [0, 0.05) is 35.6 Å². The Kier molecular flexibility index (Phi) is 10.2. The van der Waals surface area contributed by atoms with Gasteiger partial charge in [0.1, 0.15) is 33.4 Å².